The molecule has 0 radical (unpaired) electrons. The molecule has 1 aliphatic rings. The maximum Gasteiger partial charge on any atom is 0.496 e. The molecule has 0 saturated carbocycles. The number of methoxy groups -OCH3 is 1. The highest BCUT2D eigenvalue weighted by Crippen LogP contribution is 2.32. The first-order valence-corrected chi connectivity index (χ1v) is 7.13. The maximum absolute atomic E-state index is 12.1. The lowest BCUT2D eigenvalue weighted by Gasteiger charge is -2.15. The summed E-state index contributed by atoms with van der Waals surface area (Å²) in [6, 6.07) is 0. The van der Waals surface area contributed by atoms with Crippen LogP contribution < -0.4 is 0 Å². The van der Waals surface area contributed by atoms with Crippen molar-refractivity contribution >= 4 is 22.0 Å². The molecule has 4 nitrogen and oxygen atoms in total. The van der Waals surface area contributed by atoms with Gasteiger partial charge in [-0.25, -0.2) is 4.21 Å². The number of hydrogen-bond acceptors (Lipinski definition) is 4. The van der Waals surface area contributed by atoms with Crippen LogP contribution in [0.1, 0.15) is 26.2 Å². The van der Waals surface area contributed by atoms with E-state index in [-0.39, 0.29) is 17.8 Å². The van der Waals surface area contributed by atoms with Crippen molar-refractivity contribution in [3.63, 3.8) is 0 Å². The predicted molar refractivity (Wildman–Crippen MR) is 66.9 cm³/mol. The fraction of sp³-hybridized carbons (Fsp3) is 0.636. The highest BCUT2D eigenvalue weighted by atomic mass is 32.2. The molecule has 0 aliphatic heterocycles. The van der Waals surface area contributed by atoms with E-state index in [1.807, 2.05) is 6.92 Å². The number of carbonyl (C=O) groups is 1. The molecule has 0 aromatic carbocycles. The van der Waals surface area contributed by atoms with Gasteiger partial charge in [0.05, 0.1) is 0 Å². The summed E-state index contributed by atoms with van der Waals surface area (Å²) in [5, 5.41) is 0. The number of ether oxygens (including phenoxy) is 1. The van der Waals surface area contributed by atoms with Crippen molar-refractivity contribution in [1.82, 2.24) is 0 Å². The smallest absolute Gasteiger partial charge is 0.406 e. The van der Waals surface area contributed by atoms with Crippen molar-refractivity contribution in [1.29, 1.82) is 0 Å². The largest absolute Gasteiger partial charge is 0.496 e. The minimum atomic E-state index is -5.02. The summed E-state index contributed by atoms with van der Waals surface area (Å²) < 4.78 is 56.3. The summed E-state index contributed by atoms with van der Waals surface area (Å²) in [5.74, 6) is 2.35. The summed E-state index contributed by atoms with van der Waals surface area (Å²) in [7, 11) is -2.96. The van der Waals surface area contributed by atoms with Gasteiger partial charge in [-0.15, -0.1) is 0 Å². The number of carbonyl (C=O) groups excluding carboxylic acids is 1. The van der Waals surface area contributed by atoms with E-state index in [0.717, 1.165) is 6.61 Å². The first-order chi connectivity index (χ1) is 8.69. The lowest BCUT2D eigenvalue weighted by molar-refractivity contribution is -0.105. The van der Waals surface area contributed by atoms with Crippen molar-refractivity contribution < 1.29 is 31.1 Å². The van der Waals surface area contributed by atoms with Crippen molar-refractivity contribution in [2.45, 2.75) is 31.7 Å². The molecule has 0 aromatic rings. The summed E-state index contributed by atoms with van der Waals surface area (Å²) in [6.45, 7) is 2.78. The average Bonchev–Trinajstić information content (AvgIpc) is 2.74. The molecule has 0 bridgehead atoms. The van der Waals surface area contributed by atoms with E-state index in [0.29, 0.717) is 19.1 Å². The first-order valence-electron chi connectivity index (χ1n) is 5.48. The molecule has 1 aliphatic carbocycles. The van der Waals surface area contributed by atoms with Crippen LogP contribution in [-0.4, -0.2) is 35.6 Å². The Labute approximate surface area is 110 Å². The number of hydrogen-bond donors (Lipinski definition) is 0. The Morgan fingerprint density at radius 3 is 2.32 bits per heavy atom. The molecule has 0 aromatic heterocycles. The van der Waals surface area contributed by atoms with Gasteiger partial charge in [-0.05, 0) is 25.6 Å². The van der Waals surface area contributed by atoms with Crippen LogP contribution in [0.2, 0.25) is 0 Å². The molecule has 0 N–H and O–H groups in total. The molecular weight excluding hydrogens is 285 g/mol. The Hall–Kier alpha value is -1.02. The molecule has 0 fully saturated rings. The molecule has 1 atom stereocenters. The van der Waals surface area contributed by atoms with E-state index in [4.69, 9.17) is 0 Å². The van der Waals surface area contributed by atoms with Crippen LogP contribution in [0.4, 0.5) is 13.2 Å². The van der Waals surface area contributed by atoms with Gasteiger partial charge in [0, 0.05) is 25.7 Å². The van der Waals surface area contributed by atoms with Gasteiger partial charge in [0.25, 0.3) is 0 Å². The van der Waals surface area contributed by atoms with Crippen molar-refractivity contribution in [2.75, 3.05) is 13.7 Å². The fourth-order valence-corrected chi connectivity index (χ4v) is 1.78. The van der Waals surface area contributed by atoms with Gasteiger partial charge >= 0.3 is 5.51 Å². The topological polar surface area (TPSA) is 52.6 Å². The molecule has 0 spiro atoms. The second-order valence-electron chi connectivity index (χ2n) is 3.64. The Kier molecular flexibility index (Phi) is 7.14. The van der Waals surface area contributed by atoms with E-state index in [2.05, 4.69) is 14.8 Å². The Morgan fingerprint density at radius 1 is 1.42 bits per heavy atom. The number of alkyl halides is 3. The van der Waals surface area contributed by atoms with Gasteiger partial charge in [0.1, 0.15) is 12.0 Å². The van der Waals surface area contributed by atoms with E-state index >= 15 is 0 Å². The highest BCUT2D eigenvalue weighted by molar-refractivity contribution is 7.96. The van der Waals surface area contributed by atoms with Crippen LogP contribution in [-0.2, 0) is 23.5 Å². The fourth-order valence-electron chi connectivity index (χ4n) is 1.17. The van der Waals surface area contributed by atoms with Crippen molar-refractivity contribution in [2.24, 2.45) is 0 Å². The molecule has 1 rings (SSSR count). The SMILES string of the molecule is C=S(=O)(OC1=C(C=O)CCC1)C(F)(F)F.CCOC. The van der Waals surface area contributed by atoms with Crippen LogP contribution in [0, 0.1) is 0 Å². The van der Waals surface area contributed by atoms with Crippen LogP contribution in [0.3, 0.4) is 0 Å². The van der Waals surface area contributed by atoms with Crippen LogP contribution >= 0.6 is 0 Å². The predicted octanol–water partition coefficient (Wildman–Crippen LogP) is 2.44. The molecular formula is C11H17F3O4S. The summed E-state index contributed by atoms with van der Waals surface area (Å²) in [5.41, 5.74) is -4.88. The van der Waals surface area contributed by atoms with Crippen LogP contribution in [0.5, 0.6) is 0 Å². The van der Waals surface area contributed by atoms with Gasteiger partial charge in [0.15, 0.2) is 0 Å². The standard InChI is InChI=1S/C8H9F3O3S.C3H8O/c1-15(13,8(9,10)11)14-7-4-2-3-6(7)5-12;1-3-4-2/h5H,1-4H2;3H2,1-2H3. The third-order valence-corrected chi connectivity index (χ3v) is 3.40. The van der Waals surface area contributed by atoms with Crippen LogP contribution in [0.15, 0.2) is 11.3 Å². The molecule has 8 heteroatoms. The van der Waals surface area contributed by atoms with Crippen LogP contribution in [0.25, 0.3) is 0 Å². The normalized spacial score (nSPS) is 18.4. The molecule has 0 heterocycles. The number of aldehydes is 1. The quantitative estimate of drug-likeness (QED) is 0.591. The monoisotopic (exact) mass is 302 g/mol. The Balaban J connectivity index is 0.000000711. The summed E-state index contributed by atoms with van der Waals surface area (Å²) in [4.78, 5) is 10.4. The number of allylic oxidation sites excluding steroid dienone is 2. The number of rotatable bonds is 4. The maximum atomic E-state index is 12.1. The minimum Gasteiger partial charge on any atom is -0.406 e. The van der Waals surface area contributed by atoms with Gasteiger partial charge in [-0.1, -0.05) is 0 Å². The minimum absolute atomic E-state index is 0.135. The third-order valence-electron chi connectivity index (χ3n) is 2.23. The molecule has 1 unspecified atom stereocenters. The van der Waals surface area contributed by atoms with Gasteiger partial charge in [-0.3, -0.25) is 4.79 Å². The lowest BCUT2D eigenvalue weighted by Crippen LogP contribution is -2.25. The lowest BCUT2D eigenvalue weighted by atomic mass is 10.3. The second kappa shape index (κ2) is 7.54. The zero-order chi connectivity index (χ0) is 15.1. The van der Waals surface area contributed by atoms with E-state index in [9.17, 15) is 22.2 Å². The van der Waals surface area contributed by atoms with E-state index in [1.54, 1.807) is 7.11 Å². The van der Waals surface area contributed by atoms with Crippen molar-refractivity contribution in [3.8, 4) is 0 Å². The second-order valence-corrected chi connectivity index (χ2v) is 5.50. The highest BCUT2D eigenvalue weighted by Gasteiger charge is 2.42. The molecule has 19 heavy (non-hydrogen) atoms. The van der Waals surface area contributed by atoms with E-state index < -0.39 is 15.3 Å². The Bertz CT molecular complexity index is 422. The Morgan fingerprint density at radius 2 is 1.95 bits per heavy atom. The van der Waals surface area contributed by atoms with E-state index in [1.165, 1.54) is 0 Å². The van der Waals surface area contributed by atoms with Gasteiger partial charge in [-0.2, -0.15) is 13.2 Å². The molecule has 0 saturated heterocycles. The van der Waals surface area contributed by atoms with Crippen molar-refractivity contribution in [3.05, 3.63) is 11.3 Å². The molecule has 0 amide bonds. The summed E-state index contributed by atoms with van der Waals surface area (Å²) in [6.07, 6.45) is 1.49. The zero-order valence-corrected chi connectivity index (χ0v) is 11.6. The third kappa shape index (κ3) is 5.65. The zero-order valence-electron chi connectivity index (χ0n) is 10.8. The molecule has 112 valence electrons. The van der Waals surface area contributed by atoms with Gasteiger partial charge < -0.3 is 8.92 Å². The summed E-state index contributed by atoms with van der Waals surface area (Å²) >= 11 is 0. The average molecular weight is 302 g/mol. The number of halogens is 3. The van der Waals surface area contributed by atoms with Gasteiger partial charge in [0.2, 0.25) is 9.80 Å². The first kappa shape index (κ1) is 18.0.